The average molecular weight is 319 g/mol. The van der Waals surface area contributed by atoms with E-state index < -0.39 is 18.0 Å². The molecule has 1 heterocycles. The molecule has 7 nitrogen and oxygen atoms in total. The zero-order chi connectivity index (χ0) is 17.0. The minimum atomic E-state index is -0.545. The van der Waals surface area contributed by atoms with Gasteiger partial charge in [0.25, 0.3) is 5.91 Å². The fraction of sp³-hybridized carbons (Fsp3) is 0.438. The topological polar surface area (TPSA) is 87.7 Å². The van der Waals surface area contributed by atoms with Gasteiger partial charge in [0.15, 0.2) is 0 Å². The summed E-state index contributed by atoms with van der Waals surface area (Å²) in [7, 11) is 1.55. The van der Waals surface area contributed by atoms with Crippen LogP contribution in [0.25, 0.3) is 0 Å². The van der Waals surface area contributed by atoms with Crippen molar-refractivity contribution >= 4 is 23.5 Å². The Hall–Kier alpha value is -2.57. The number of nitrogens with zero attached hydrogens (tertiary/aromatic N) is 1. The number of anilines is 1. The number of carbonyl (C=O) groups excluding carboxylic acids is 3. The fourth-order valence-corrected chi connectivity index (χ4v) is 2.38. The van der Waals surface area contributed by atoms with Crippen LogP contribution in [0.2, 0.25) is 0 Å². The molecule has 23 heavy (non-hydrogen) atoms. The highest BCUT2D eigenvalue weighted by Gasteiger charge is 2.38. The van der Waals surface area contributed by atoms with Crippen LogP contribution in [-0.4, -0.2) is 42.4 Å². The molecule has 1 aliphatic heterocycles. The number of amides is 4. The minimum absolute atomic E-state index is 0.275. The second-order valence-electron chi connectivity index (χ2n) is 5.83. The second-order valence-corrected chi connectivity index (χ2v) is 5.83. The lowest BCUT2D eigenvalue weighted by Crippen LogP contribution is -2.38. The van der Waals surface area contributed by atoms with E-state index in [-0.39, 0.29) is 18.4 Å². The Morgan fingerprint density at radius 1 is 1.30 bits per heavy atom. The van der Waals surface area contributed by atoms with Crippen molar-refractivity contribution in [3.63, 3.8) is 0 Å². The summed E-state index contributed by atoms with van der Waals surface area (Å²) in [5, 5.41) is 5.26. The standard InChI is InChI=1S/C16H21N3O4/c1-10(2)8-13-15(21)19(16(22)18-13)9-14(20)17-11-4-6-12(23-3)7-5-11/h4-7,10,13H,8-9H2,1-3H3,(H,17,20)(H,18,22)/t13-/m1/s1. The molecule has 2 rings (SSSR count). The molecule has 0 saturated carbocycles. The van der Waals surface area contributed by atoms with E-state index in [4.69, 9.17) is 4.74 Å². The average Bonchev–Trinajstić information content (AvgIpc) is 2.75. The van der Waals surface area contributed by atoms with Gasteiger partial charge in [-0.05, 0) is 36.6 Å². The maximum Gasteiger partial charge on any atom is 0.325 e. The number of benzene rings is 1. The van der Waals surface area contributed by atoms with Gasteiger partial charge in [-0.15, -0.1) is 0 Å². The molecule has 1 saturated heterocycles. The van der Waals surface area contributed by atoms with Gasteiger partial charge < -0.3 is 15.4 Å². The van der Waals surface area contributed by atoms with Crippen molar-refractivity contribution in [2.75, 3.05) is 19.0 Å². The van der Waals surface area contributed by atoms with Gasteiger partial charge in [0.2, 0.25) is 5.91 Å². The van der Waals surface area contributed by atoms with Crippen LogP contribution in [0.5, 0.6) is 5.75 Å². The number of hydrogen-bond acceptors (Lipinski definition) is 4. The van der Waals surface area contributed by atoms with E-state index in [1.54, 1.807) is 31.4 Å². The molecule has 1 fully saturated rings. The van der Waals surface area contributed by atoms with E-state index in [1.807, 2.05) is 13.8 Å². The van der Waals surface area contributed by atoms with Crippen LogP contribution in [0, 0.1) is 5.92 Å². The van der Waals surface area contributed by atoms with Gasteiger partial charge >= 0.3 is 6.03 Å². The maximum absolute atomic E-state index is 12.2. The predicted molar refractivity (Wildman–Crippen MR) is 85.1 cm³/mol. The Balaban J connectivity index is 1.94. The number of methoxy groups -OCH3 is 1. The molecule has 2 N–H and O–H groups in total. The number of urea groups is 1. The predicted octanol–water partition coefficient (Wildman–Crippen LogP) is 1.60. The lowest BCUT2D eigenvalue weighted by atomic mass is 10.0. The Bertz CT molecular complexity index is 598. The summed E-state index contributed by atoms with van der Waals surface area (Å²) >= 11 is 0. The highest BCUT2D eigenvalue weighted by atomic mass is 16.5. The maximum atomic E-state index is 12.2. The van der Waals surface area contributed by atoms with E-state index in [0.717, 1.165) is 4.90 Å². The molecular weight excluding hydrogens is 298 g/mol. The molecule has 4 amide bonds. The van der Waals surface area contributed by atoms with E-state index in [2.05, 4.69) is 10.6 Å². The number of ether oxygens (including phenoxy) is 1. The molecule has 1 aromatic rings. The first-order chi connectivity index (χ1) is 10.9. The van der Waals surface area contributed by atoms with Crippen LogP contribution in [0.1, 0.15) is 20.3 Å². The van der Waals surface area contributed by atoms with Crippen molar-refractivity contribution in [1.29, 1.82) is 0 Å². The van der Waals surface area contributed by atoms with Crippen molar-refractivity contribution in [3.8, 4) is 5.75 Å². The fourth-order valence-electron chi connectivity index (χ4n) is 2.38. The molecule has 0 spiro atoms. The summed E-state index contributed by atoms with van der Waals surface area (Å²) < 4.78 is 5.03. The lowest BCUT2D eigenvalue weighted by molar-refractivity contribution is -0.131. The van der Waals surface area contributed by atoms with Crippen molar-refractivity contribution in [2.45, 2.75) is 26.3 Å². The van der Waals surface area contributed by atoms with Crippen LogP contribution in [0.15, 0.2) is 24.3 Å². The Labute approximate surface area is 135 Å². The smallest absolute Gasteiger partial charge is 0.325 e. The third-order valence-corrected chi connectivity index (χ3v) is 3.49. The van der Waals surface area contributed by atoms with Crippen LogP contribution < -0.4 is 15.4 Å². The monoisotopic (exact) mass is 319 g/mol. The van der Waals surface area contributed by atoms with Crippen LogP contribution in [-0.2, 0) is 9.59 Å². The van der Waals surface area contributed by atoms with Gasteiger partial charge in [-0.3, -0.25) is 14.5 Å². The normalized spacial score (nSPS) is 17.4. The van der Waals surface area contributed by atoms with Crippen molar-refractivity contribution in [2.24, 2.45) is 5.92 Å². The van der Waals surface area contributed by atoms with Crippen molar-refractivity contribution in [1.82, 2.24) is 10.2 Å². The number of imide groups is 1. The van der Waals surface area contributed by atoms with Crippen LogP contribution in [0.3, 0.4) is 0 Å². The molecule has 0 aliphatic carbocycles. The minimum Gasteiger partial charge on any atom is -0.497 e. The van der Waals surface area contributed by atoms with Gasteiger partial charge in [0.05, 0.1) is 7.11 Å². The largest absolute Gasteiger partial charge is 0.497 e. The summed E-state index contributed by atoms with van der Waals surface area (Å²) in [6.45, 7) is 3.64. The number of hydrogen-bond donors (Lipinski definition) is 2. The second kappa shape index (κ2) is 7.13. The van der Waals surface area contributed by atoms with Gasteiger partial charge in [-0.2, -0.15) is 0 Å². The molecule has 0 bridgehead atoms. The van der Waals surface area contributed by atoms with Gasteiger partial charge in [0, 0.05) is 5.69 Å². The summed E-state index contributed by atoms with van der Waals surface area (Å²) in [6.07, 6.45) is 0.557. The third kappa shape index (κ3) is 4.21. The van der Waals surface area contributed by atoms with E-state index in [1.165, 1.54) is 0 Å². The van der Waals surface area contributed by atoms with Crippen LogP contribution in [0.4, 0.5) is 10.5 Å². The summed E-state index contributed by atoms with van der Waals surface area (Å²) in [4.78, 5) is 37.0. The first-order valence-electron chi connectivity index (χ1n) is 7.46. The van der Waals surface area contributed by atoms with Gasteiger partial charge in [-0.25, -0.2) is 4.79 Å². The van der Waals surface area contributed by atoms with Crippen molar-refractivity contribution < 1.29 is 19.1 Å². The quantitative estimate of drug-likeness (QED) is 0.780. The number of carbonyl (C=O) groups is 3. The molecule has 1 atom stereocenters. The van der Waals surface area contributed by atoms with Gasteiger partial charge in [0.1, 0.15) is 18.3 Å². The van der Waals surface area contributed by atoms with E-state index >= 15 is 0 Å². The van der Waals surface area contributed by atoms with Crippen molar-refractivity contribution in [3.05, 3.63) is 24.3 Å². The van der Waals surface area contributed by atoms with E-state index in [0.29, 0.717) is 17.9 Å². The molecule has 0 radical (unpaired) electrons. The molecule has 1 aliphatic rings. The molecular formula is C16H21N3O4. The first kappa shape index (κ1) is 16.8. The zero-order valence-corrected chi connectivity index (χ0v) is 13.5. The molecule has 0 aromatic heterocycles. The summed E-state index contributed by atoms with van der Waals surface area (Å²) in [5.74, 6) is 0.170. The first-order valence-corrected chi connectivity index (χ1v) is 7.46. The highest BCUT2D eigenvalue weighted by Crippen LogP contribution is 2.16. The Morgan fingerprint density at radius 2 is 1.96 bits per heavy atom. The molecule has 124 valence electrons. The molecule has 0 unspecified atom stereocenters. The summed E-state index contributed by atoms with van der Waals surface area (Å²) in [5.41, 5.74) is 0.571. The Morgan fingerprint density at radius 3 is 2.52 bits per heavy atom. The molecule has 1 aromatic carbocycles. The number of rotatable bonds is 6. The highest BCUT2D eigenvalue weighted by molar-refractivity contribution is 6.07. The van der Waals surface area contributed by atoms with Crippen LogP contribution >= 0.6 is 0 Å². The zero-order valence-electron chi connectivity index (χ0n) is 13.5. The lowest BCUT2D eigenvalue weighted by Gasteiger charge is -2.14. The number of nitrogens with one attached hydrogen (secondary N) is 2. The van der Waals surface area contributed by atoms with Gasteiger partial charge in [-0.1, -0.05) is 13.8 Å². The Kier molecular flexibility index (Phi) is 5.20. The SMILES string of the molecule is COc1ccc(NC(=O)CN2C(=O)N[C@H](CC(C)C)C2=O)cc1. The van der Waals surface area contributed by atoms with E-state index in [9.17, 15) is 14.4 Å². The summed E-state index contributed by atoms with van der Waals surface area (Å²) in [6, 6.07) is 5.72. The molecule has 7 heteroatoms. The third-order valence-electron chi connectivity index (χ3n) is 3.49.